The minimum Gasteiger partial charge on any atom is -0.355 e. The zero-order valence-corrected chi connectivity index (χ0v) is 13.9. The summed E-state index contributed by atoms with van der Waals surface area (Å²) in [7, 11) is 4.13. The number of benzene rings is 1. The molecule has 0 spiro atoms. The Morgan fingerprint density at radius 3 is 2.86 bits per heavy atom. The predicted molar refractivity (Wildman–Crippen MR) is 93.7 cm³/mol. The van der Waals surface area contributed by atoms with Crippen LogP contribution in [0.25, 0.3) is 0 Å². The Labute approximate surface area is 134 Å². The number of hydrogen-bond acceptors (Lipinski definition) is 2. The van der Waals surface area contributed by atoms with Crippen molar-refractivity contribution in [3.63, 3.8) is 0 Å². The molecule has 1 N–H and O–H groups in total. The molecule has 3 rings (SSSR count). The van der Waals surface area contributed by atoms with Crippen LogP contribution < -0.4 is 10.2 Å². The normalized spacial score (nSPS) is 19.0. The average molecular weight is 300 g/mol. The maximum Gasteiger partial charge on any atom is 0.198 e. The lowest BCUT2D eigenvalue weighted by atomic mass is 10.2. The molecule has 4 nitrogen and oxygen atoms in total. The zero-order chi connectivity index (χ0) is 15.4. The summed E-state index contributed by atoms with van der Waals surface area (Å²) in [5.74, 6) is 1.00. The molecule has 0 saturated heterocycles. The van der Waals surface area contributed by atoms with Crippen molar-refractivity contribution in [1.82, 2.24) is 10.2 Å². The van der Waals surface area contributed by atoms with Crippen LogP contribution in [0.15, 0.2) is 29.3 Å². The van der Waals surface area contributed by atoms with E-state index in [2.05, 4.69) is 51.4 Å². The Bertz CT molecular complexity index is 520. The van der Waals surface area contributed by atoms with E-state index in [1.807, 2.05) is 7.05 Å². The van der Waals surface area contributed by atoms with Crippen LogP contribution in [0.2, 0.25) is 0 Å². The topological polar surface area (TPSA) is 30.9 Å². The first-order valence-corrected chi connectivity index (χ1v) is 8.56. The molecular formula is C18H28N4. The van der Waals surface area contributed by atoms with Crippen molar-refractivity contribution >= 4 is 11.6 Å². The van der Waals surface area contributed by atoms with Gasteiger partial charge in [-0.05, 0) is 37.9 Å². The lowest BCUT2D eigenvalue weighted by Gasteiger charge is -2.26. The first-order chi connectivity index (χ1) is 10.8. The molecule has 2 aliphatic rings. The predicted octanol–water partition coefficient (Wildman–Crippen LogP) is 2.50. The third-order valence-electron chi connectivity index (χ3n) is 5.05. The Morgan fingerprint density at radius 2 is 2.09 bits per heavy atom. The van der Waals surface area contributed by atoms with E-state index in [4.69, 9.17) is 0 Å². The van der Waals surface area contributed by atoms with Crippen LogP contribution in [0.4, 0.5) is 5.69 Å². The average Bonchev–Trinajstić information content (AvgIpc) is 3.21. The second kappa shape index (κ2) is 7.14. The summed E-state index contributed by atoms with van der Waals surface area (Å²) >= 11 is 0. The SMILES string of the molecule is CN=C(NCCN(C)C1CCCC1)N1CCc2ccccc21. The Balaban J connectivity index is 1.53. The summed E-state index contributed by atoms with van der Waals surface area (Å²) < 4.78 is 0. The molecule has 1 aromatic rings. The third kappa shape index (κ3) is 3.27. The van der Waals surface area contributed by atoms with Crippen molar-refractivity contribution in [2.45, 2.75) is 38.1 Å². The standard InChI is InChI=1S/C18H28N4/c1-19-18(20-12-14-21(2)16-8-4-5-9-16)22-13-11-15-7-3-6-10-17(15)22/h3,6-7,10,16H,4-5,8-9,11-14H2,1-2H3,(H,19,20). The molecule has 0 unspecified atom stereocenters. The zero-order valence-electron chi connectivity index (χ0n) is 13.9. The van der Waals surface area contributed by atoms with E-state index in [0.29, 0.717) is 0 Å². The lowest BCUT2D eigenvalue weighted by Crippen LogP contribution is -2.44. The van der Waals surface area contributed by atoms with Gasteiger partial charge in [-0.25, -0.2) is 0 Å². The van der Waals surface area contributed by atoms with Gasteiger partial charge in [0.2, 0.25) is 0 Å². The van der Waals surface area contributed by atoms with Crippen LogP contribution >= 0.6 is 0 Å². The van der Waals surface area contributed by atoms with Crippen molar-refractivity contribution in [2.75, 3.05) is 38.6 Å². The molecule has 22 heavy (non-hydrogen) atoms. The minimum atomic E-state index is 0.788. The van der Waals surface area contributed by atoms with Crippen LogP contribution in [-0.4, -0.2) is 50.6 Å². The summed E-state index contributed by atoms with van der Waals surface area (Å²) in [6.07, 6.45) is 6.64. The fourth-order valence-corrected chi connectivity index (χ4v) is 3.73. The van der Waals surface area contributed by atoms with Gasteiger partial charge in [-0.3, -0.25) is 4.99 Å². The first kappa shape index (κ1) is 15.3. The van der Waals surface area contributed by atoms with Gasteiger partial charge in [0.05, 0.1) is 0 Å². The second-order valence-electron chi connectivity index (χ2n) is 6.42. The molecule has 120 valence electrons. The fraction of sp³-hybridized carbons (Fsp3) is 0.611. The molecule has 4 heteroatoms. The van der Waals surface area contributed by atoms with Crippen molar-refractivity contribution < 1.29 is 0 Å². The van der Waals surface area contributed by atoms with Gasteiger partial charge in [0, 0.05) is 38.4 Å². The van der Waals surface area contributed by atoms with E-state index in [-0.39, 0.29) is 0 Å². The van der Waals surface area contributed by atoms with Crippen molar-refractivity contribution in [1.29, 1.82) is 0 Å². The van der Waals surface area contributed by atoms with Crippen molar-refractivity contribution in [3.8, 4) is 0 Å². The molecule has 0 radical (unpaired) electrons. The number of nitrogens with one attached hydrogen (secondary N) is 1. The lowest BCUT2D eigenvalue weighted by molar-refractivity contribution is 0.249. The van der Waals surface area contributed by atoms with Gasteiger partial charge in [0.15, 0.2) is 5.96 Å². The number of rotatable bonds is 4. The van der Waals surface area contributed by atoms with Gasteiger partial charge >= 0.3 is 0 Å². The van der Waals surface area contributed by atoms with Crippen LogP contribution in [-0.2, 0) is 6.42 Å². The number of nitrogens with zero attached hydrogens (tertiary/aromatic N) is 3. The Kier molecular flexibility index (Phi) is 4.98. The molecular weight excluding hydrogens is 272 g/mol. The molecule has 1 saturated carbocycles. The summed E-state index contributed by atoms with van der Waals surface area (Å²) in [6, 6.07) is 9.43. The highest BCUT2D eigenvalue weighted by Gasteiger charge is 2.23. The maximum absolute atomic E-state index is 4.48. The molecule has 0 aromatic heterocycles. The van der Waals surface area contributed by atoms with Crippen LogP contribution in [0.5, 0.6) is 0 Å². The molecule has 1 heterocycles. The molecule has 0 atom stereocenters. The molecule has 0 bridgehead atoms. The highest BCUT2D eigenvalue weighted by molar-refractivity contribution is 5.97. The molecule has 1 aromatic carbocycles. The smallest absolute Gasteiger partial charge is 0.198 e. The van der Waals surface area contributed by atoms with E-state index in [9.17, 15) is 0 Å². The summed E-state index contributed by atoms with van der Waals surface area (Å²) in [4.78, 5) is 9.29. The number of para-hydroxylation sites is 1. The second-order valence-corrected chi connectivity index (χ2v) is 6.42. The first-order valence-electron chi connectivity index (χ1n) is 8.56. The van der Waals surface area contributed by atoms with Gasteiger partial charge in [0.1, 0.15) is 0 Å². The Hall–Kier alpha value is -1.55. The Morgan fingerprint density at radius 1 is 1.32 bits per heavy atom. The quantitative estimate of drug-likeness (QED) is 0.685. The highest BCUT2D eigenvalue weighted by atomic mass is 15.3. The van der Waals surface area contributed by atoms with Crippen molar-refractivity contribution in [2.24, 2.45) is 4.99 Å². The number of aliphatic imine (C=N–C) groups is 1. The largest absolute Gasteiger partial charge is 0.355 e. The number of anilines is 1. The third-order valence-corrected chi connectivity index (χ3v) is 5.05. The number of hydrogen-bond donors (Lipinski definition) is 1. The van der Waals surface area contributed by atoms with Crippen LogP contribution in [0.3, 0.4) is 0 Å². The molecule has 0 amide bonds. The maximum atomic E-state index is 4.48. The molecule has 1 aliphatic carbocycles. The van der Waals surface area contributed by atoms with E-state index in [1.165, 1.54) is 36.9 Å². The van der Waals surface area contributed by atoms with Gasteiger partial charge < -0.3 is 15.1 Å². The van der Waals surface area contributed by atoms with Gasteiger partial charge in [-0.1, -0.05) is 31.0 Å². The summed E-state index contributed by atoms with van der Waals surface area (Å²) in [5.41, 5.74) is 2.73. The van der Waals surface area contributed by atoms with Gasteiger partial charge in [-0.2, -0.15) is 0 Å². The number of likely N-dealkylation sites (N-methyl/N-ethyl adjacent to an activating group) is 1. The van der Waals surface area contributed by atoms with Crippen LogP contribution in [0, 0.1) is 0 Å². The molecule has 1 aliphatic heterocycles. The van der Waals surface area contributed by atoms with Crippen LogP contribution in [0.1, 0.15) is 31.2 Å². The van der Waals surface area contributed by atoms with E-state index >= 15 is 0 Å². The van der Waals surface area contributed by atoms with E-state index in [0.717, 1.165) is 38.1 Å². The van der Waals surface area contributed by atoms with E-state index < -0.39 is 0 Å². The monoisotopic (exact) mass is 300 g/mol. The fourth-order valence-electron chi connectivity index (χ4n) is 3.73. The summed E-state index contributed by atoms with van der Waals surface area (Å²) in [6.45, 7) is 3.06. The molecule has 1 fully saturated rings. The van der Waals surface area contributed by atoms with Crippen molar-refractivity contribution in [3.05, 3.63) is 29.8 Å². The summed E-state index contributed by atoms with van der Waals surface area (Å²) in [5, 5.41) is 3.54. The highest BCUT2D eigenvalue weighted by Crippen LogP contribution is 2.27. The van der Waals surface area contributed by atoms with E-state index in [1.54, 1.807) is 0 Å². The number of guanidine groups is 1. The van der Waals surface area contributed by atoms with Gasteiger partial charge in [-0.15, -0.1) is 0 Å². The van der Waals surface area contributed by atoms with Gasteiger partial charge in [0.25, 0.3) is 0 Å². The minimum absolute atomic E-state index is 0.788. The number of fused-ring (bicyclic) bond motifs is 1.